The van der Waals surface area contributed by atoms with Gasteiger partial charge in [-0.15, -0.1) is 0 Å². The first-order valence-corrected chi connectivity index (χ1v) is 10.4. The number of anilines is 2. The number of ether oxygens (including phenoxy) is 1. The number of rotatable bonds is 5. The Kier molecular flexibility index (Phi) is 5.85. The summed E-state index contributed by atoms with van der Waals surface area (Å²) in [5.74, 6) is 0.516. The van der Waals surface area contributed by atoms with Gasteiger partial charge >= 0.3 is 6.18 Å². The zero-order valence-electron chi connectivity index (χ0n) is 18.1. The summed E-state index contributed by atoms with van der Waals surface area (Å²) in [5.41, 5.74) is 2.16. The Hall–Kier alpha value is -3.80. The topological polar surface area (TPSA) is 86.7 Å². The number of fused-ring (bicyclic) bond motifs is 1. The van der Waals surface area contributed by atoms with E-state index in [0.717, 1.165) is 11.3 Å². The largest absolute Gasteiger partial charge is 0.485 e. The molecule has 9 heteroatoms. The van der Waals surface area contributed by atoms with Crippen LogP contribution in [0.1, 0.15) is 52.3 Å². The average molecular weight is 453 g/mol. The van der Waals surface area contributed by atoms with E-state index in [1.165, 1.54) is 12.3 Å². The van der Waals surface area contributed by atoms with E-state index in [4.69, 9.17) is 10.1 Å². The van der Waals surface area contributed by atoms with E-state index in [1.54, 1.807) is 48.4 Å². The molecule has 1 unspecified atom stereocenters. The second kappa shape index (κ2) is 8.62. The predicted octanol–water partition coefficient (Wildman–Crippen LogP) is 5.82. The fourth-order valence-corrected chi connectivity index (χ4v) is 4.25. The van der Waals surface area contributed by atoms with E-state index in [0.29, 0.717) is 35.4 Å². The van der Waals surface area contributed by atoms with Crippen molar-refractivity contribution < 1.29 is 17.9 Å². The Morgan fingerprint density at radius 2 is 2.12 bits per heavy atom. The quantitative estimate of drug-likeness (QED) is 0.477. The van der Waals surface area contributed by atoms with Gasteiger partial charge in [-0.3, -0.25) is 4.68 Å². The van der Waals surface area contributed by atoms with Crippen LogP contribution in [0, 0.1) is 23.7 Å². The monoisotopic (exact) mass is 453 g/mol. The molecule has 170 valence electrons. The van der Waals surface area contributed by atoms with Crippen LogP contribution in [0.4, 0.5) is 24.5 Å². The predicted molar refractivity (Wildman–Crippen MR) is 118 cm³/mol. The Morgan fingerprint density at radius 3 is 2.76 bits per heavy atom. The van der Waals surface area contributed by atoms with Crippen LogP contribution in [-0.2, 0) is 19.6 Å². The molecule has 3 aromatic rings. The highest BCUT2D eigenvalue weighted by molar-refractivity contribution is 5.88. The maximum Gasteiger partial charge on any atom is 0.417 e. The fraction of sp³-hybridized carbons (Fsp3) is 0.292. The summed E-state index contributed by atoms with van der Waals surface area (Å²) in [4.78, 5) is 0. The van der Waals surface area contributed by atoms with Gasteiger partial charge in [-0.1, -0.05) is 6.07 Å². The van der Waals surface area contributed by atoms with Crippen molar-refractivity contribution in [3.05, 3.63) is 70.0 Å². The average Bonchev–Trinajstić information content (AvgIpc) is 3.18. The number of nitrogens with zero attached hydrogens (tertiary/aromatic N) is 3. The summed E-state index contributed by atoms with van der Waals surface area (Å²) in [5, 5.41) is 24.3. The number of hydrogen-bond acceptors (Lipinski definition) is 5. The van der Waals surface area contributed by atoms with Crippen LogP contribution in [0.5, 0.6) is 5.75 Å². The second-order valence-corrected chi connectivity index (χ2v) is 8.04. The smallest absolute Gasteiger partial charge is 0.417 e. The van der Waals surface area contributed by atoms with Crippen molar-refractivity contribution >= 4 is 17.6 Å². The van der Waals surface area contributed by atoms with Gasteiger partial charge in [0.15, 0.2) is 0 Å². The number of aromatic nitrogens is 2. The number of benzene rings is 2. The Labute approximate surface area is 189 Å². The van der Waals surface area contributed by atoms with Gasteiger partial charge in [-0.05, 0) is 55.0 Å². The number of alkyl halides is 3. The number of nitrogens with one attached hydrogen (secondary N) is 2. The van der Waals surface area contributed by atoms with Crippen molar-refractivity contribution in [1.29, 1.82) is 10.7 Å². The van der Waals surface area contributed by atoms with Gasteiger partial charge in [0.2, 0.25) is 0 Å². The molecule has 33 heavy (non-hydrogen) atoms. The third kappa shape index (κ3) is 4.42. The molecular formula is C24H22F3N5O. The molecule has 6 nitrogen and oxygen atoms in total. The van der Waals surface area contributed by atoms with Gasteiger partial charge in [0.05, 0.1) is 34.8 Å². The van der Waals surface area contributed by atoms with E-state index in [-0.39, 0.29) is 17.5 Å². The van der Waals surface area contributed by atoms with Crippen LogP contribution in [0.3, 0.4) is 0 Å². The first-order valence-electron chi connectivity index (χ1n) is 10.4. The summed E-state index contributed by atoms with van der Waals surface area (Å²) >= 11 is 0. The lowest BCUT2D eigenvalue weighted by Gasteiger charge is -2.30. The van der Waals surface area contributed by atoms with Crippen molar-refractivity contribution in [2.75, 3.05) is 5.32 Å². The van der Waals surface area contributed by atoms with Crippen molar-refractivity contribution in [1.82, 2.24) is 9.78 Å². The highest BCUT2D eigenvalue weighted by atomic mass is 19.4. The standard InChI is InChI=1S/C24H22F3N5O/c1-14-8-16(11-29)20(31-17-12-30-32(2)13-17)9-22(14)33-21-5-3-4-19-18(21)7-6-15(10-28)23(19)24(25,26)27/h6-9,11-13,21,29,31H,3-5H2,1-2H3. The molecule has 1 aromatic heterocycles. The number of hydrogen-bond donors (Lipinski definition) is 2. The minimum absolute atomic E-state index is 0.139. The Morgan fingerprint density at radius 1 is 1.33 bits per heavy atom. The molecule has 1 aliphatic rings. The molecule has 0 saturated heterocycles. The molecule has 0 saturated carbocycles. The lowest BCUT2D eigenvalue weighted by atomic mass is 9.84. The molecule has 0 spiro atoms. The zero-order valence-corrected chi connectivity index (χ0v) is 18.1. The van der Waals surface area contributed by atoms with Gasteiger partial charge in [0.25, 0.3) is 0 Å². The fourth-order valence-electron chi connectivity index (χ4n) is 4.25. The summed E-state index contributed by atoms with van der Waals surface area (Å²) in [6.07, 6.45) is 0.817. The molecule has 1 aliphatic carbocycles. The van der Waals surface area contributed by atoms with Crippen LogP contribution in [0.15, 0.2) is 36.7 Å². The molecule has 1 heterocycles. The Bertz CT molecular complexity index is 1260. The van der Waals surface area contributed by atoms with E-state index < -0.39 is 17.8 Å². The first-order chi connectivity index (χ1) is 15.7. The lowest BCUT2D eigenvalue weighted by molar-refractivity contribution is -0.138. The maximum absolute atomic E-state index is 13.8. The van der Waals surface area contributed by atoms with Crippen LogP contribution < -0.4 is 10.1 Å². The summed E-state index contributed by atoms with van der Waals surface area (Å²) in [6, 6.07) is 8.02. The first kappa shape index (κ1) is 22.4. The van der Waals surface area contributed by atoms with Gasteiger partial charge in [0, 0.05) is 31.1 Å². The van der Waals surface area contributed by atoms with Gasteiger partial charge < -0.3 is 15.5 Å². The summed E-state index contributed by atoms with van der Waals surface area (Å²) in [7, 11) is 1.79. The highest BCUT2D eigenvalue weighted by Crippen LogP contribution is 2.43. The van der Waals surface area contributed by atoms with E-state index >= 15 is 0 Å². The SMILES string of the molecule is Cc1cc(C=N)c(Nc2cnn(C)c2)cc1OC1CCCc2c1ccc(C#N)c2C(F)(F)F. The minimum Gasteiger partial charge on any atom is -0.485 e. The third-order valence-electron chi connectivity index (χ3n) is 5.75. The van der Waals surface area contributed by atoms with E-state index in [1.807, 2.05) is 6.92 Å². The molecule has 2 N–H and O–H groups in total. The van der Waals surface area contributed by atoms with Crippen LogP contribution in [0.25, 0.3) is 0 Å². The highest BCUT2D eigenvalue weighted by Gasteiger charge is 2.39. The van der Waals surface area contributed by atoms with Crippen molar-refractivity contribution in [2.45, 2.75) is 38.5 Å². The van der Waals surface area contributed by atoms with Crippen LogP contribution >= 0.6 is 0 Å². The van der Waals surface area contributed by atoms with Crippen LogP contribution in [0.2, 0.25) is 0 Å². The molecule has 0 fully saturated rings. The molecule has 0 radical (unpaired) electrons. The van der Waals surface area contributed by atoms with Crippen LogP contribution in [-0.4, -0.2) is 16.0 Å². The maximum atomic E-state index is 13.8. The summed E-state index contributed by atoms with van der Waals surface area (Å²) < 4.78 is 49.2. The number of nitriles is 1. The molecular weight excluding hydrogens is 431 g/mol. The van der Waals surface area contributed by atoms with Crippen molar-refractivity contribution in [3.8, 4) is 11.8 Å². The van der Waals surface area contributed by atoms with E-state index in [2.05, 4.69) is 10.4 Å². The second-order valence-electron chi connectivity index (χ2n) is 8.04. The van der Waals surface area contributed by atoms with Gasteiger partial charge in [-0.2, -0.15) is 23.5 Å². The number of halogens is 3. The molecule has 1 atom stereocenters. The molecule has 0 amide bonds. The lowest BCUT2D eigenvalue weighted by Crippen LogP contribution is -2.21. The van der Waals surface area contributed by atoms with Gasteiger partial charge in [-0.25, -0.2) is 0 Å². The molecule has 2 aromatic carbocycles. The molecule has 0 bridgehead atoms. The Balaban J connectivity index is 1.71. The third-order valence-corrected chi connectivity index (χ3v) is 5.75. The number of aryl methyl sites for hydroxylation is 2. The normalized spacial score (nSPS) is 15.5. The van der Waals surface area contributed by atoms with Crippen molar-refractivity contribution in [2.24, 2.45) is 7.05 Å². The van der Waals surface area contributed by atoms with Gasteiger partial charge in [0.1, 0.15) is 11.9 Å². The summed E-state index contributed by atoms with van der Waals surface area (Å²) in [6.45, 7) is 1.83. The molecule has 4 rings (SSSR count). The van der Waals surface area contributed by atoms with E-state index in [9.17, 15) is 18.4 Å². The van der Waals surface area contributed by atoms with Crippen molar-refractivity contribution in [3.63, 3.8) is 0 Å². The molecule has 0 aliphatic heterocycles. The minimum atomic E-state index is -4.61. The zero-order chi connectivity index (χ0) is 23.8.